The molecular weight excluding hydrogens is 322 g/mol. The van der Waals surface area contributed by atoms with Crippen LogP contribution in [0.5, 0.6) is 0 Å². The summed E-state index contributed by atoms with van der Waals surface area (Å²) in [5.74, 6) is 0. The summed E-state index contributed by atoms with van der Waals surface area (Å²) in [6.45, 7) is 2.08. The van der Waals surface area contributed by atoms with Gasteiger partial charge in [-0.15, -0.1) is 12.4 Å². The van der Waals surface area contributed by atoms with Crippen LogP contribution in [0.4, 0.5) is 0 Å². The summed E-state index contributed by atoms with van der Waals surface area (Å²) < 4.78 is 3.79. The van der Waals surface area contributed by atoms with Crippen LogP contribution in [0.3, 0.4) is 0 Å². The molecule has 122 valence electrons. The molecule has 0 N–H and O–H groups in total. The molecule has 0 unspecified atom stereocenters. The van der Waals surface area contributed by atoms with Crippen LogP contribution in [-0.2, 0) is 14.1 Å². The average molecular weight is 340 g/mol. The second-order valence-electron chi connectivity index (χ2n) is 5.95. The number of pyridine rings is 2. The van der Waals surface area contributed by atoms with E-state index in [0.717, 1.165) is 21.9 Å². The first-order valence-corrected chi connectivity index (χ1v) is 7.58. The number of hydrogen-bond donors (Lipinski definition) is 0. The normalized spacial score (nSPS) is 11.0. The van der Waals surface area contributed by atoms with Gasteiger partial charge < -0.3 is 4.57 Å². The lowest BCUT2D eigenvalue weighted by atomic mass is 10.1. The monoisotopic (exact) mass is 339 g/mol. The highest BCUT2D eigenvalue weighted by molar-refractivity contribution is 6.08. The number of halogens is 1. The van der Waals surface area contributed by atoms with E-state index in [1.165, 1.54) is 5.56 Å². The van der Waals surface area contributed by atoms with E-state index in [4.69, 9.17) is 0 Å². The second kappa shape index (κ2) is 5.80. The Bertz CT molecular complexity index is 1110. The van der Waals surface area contributed by atoms with Gasteiger partial charge in [-0.2, -0.15) is 0 Å². The molecule has 5 heteroatoms. The first-order chi connectivity index (χ1) is 11.1. The Hall–Kier alpha value is -2.59. The molecule has 0 atom stereocenters. The maximum Gasteiger partial charge on any atom is 0.261 e. The van der Waals surface area contributed by atoms with Gasteiger partial charge in [0.05, 0.1) is 16.8 Å². The molecular formula is C19H18ClN3O. The number of aromatic nitrogens is 3. The summed E-state index contributed by atoms with van der Waals surface area (Å²) in [4.78, 5) is 17.1. The minimum absolute atomic E-state index is 0. The van der Waals surface area contributed by atoms with Crippen LogP contribution in [-0.4, -0.2) is 14.1 Å². The molecule has 3 aromatic heterocycles. The molecule has 0 fully saturated rings. The third-order valence-corrected chi connectivity index (χ3v) is 4.44. The predicted octanol–water partition coefficient (Wildman–Crippen LogP) is 3.82. The lowest BCUT2D eigenvalue weighted by Crippen LogP contribution is -2.20. The molecule has 0 aliphatic rings. The van der Waals surface area contributed by atoms with Crippen LogP contribution in [0.25, 0.3) is 33.2 Å². The molecule has 4 rings (SSSR count). The van der Waals surface area contributed by atoms with E-state index in [2.05, 4.69) is 34.7 Å². The SMILES string of the molecule is Cc1ccc2c(c1)c1cc(-c3ccccn3)c(=O)n(C)c1n2C.Cl. The zero-order valence-corrected chi connectivity index (χ0v) is 14.6. The number of rotatable bonds is 1. The van der Waals surface area contributed by atoms with Crippen LogP contribution in [0, 0.1) is 6.92 Å². The molecule has 0 spiro atoms. The highest BCUT2D eigenvalue weighted by Gasteiger charge is 2.16. The fourth-order valence-corrected chi connectivity index (χ4v) is 3.31. The van der Waals surface area contributed by atoms with Gasteiger partial charge in [0.15, 0.2) is 0 Å². The van der Waals surface area contributed by atoms with E-state index in [9.17, 15) is 4.79 Å². The van der Waals surface area contributed by atoms with Crippen molar-refractivity contribution < 1.29 is 0 Å². The summed E-state index contributed by atoms with van der Waals surface area (Å²) in [6, 6.07) is 14.0. The Morgan fingerprint density at radius 2 is 1.75 bits per heavy atom. The maximum absolute atomic E-state index is 12.8. The quantitative estimate of drug-likeness (QED) is 0.529. The minimum Gasteiger partial charge on any atom is -0.330 e. The van der Waals surface area contributed by atoms with E-state index >= 15 is 0 Å². The topological polar surface area (TPSA) is 39.8 Å². The third kappa shape index (κ3) is 2.22. The van der Waals surface area contributed by atoms with Gasteiger partial charge in [0.1, 0.15) is 5.65 Å². The van der Waals surface area contributed by atoms with Gasteiger partial charge in [-0.1, -0.05) is 17.7 Å². The number of hydrogen-bond acceptors (Lipinski definition) is 2. The molecule has 24 heavy (non-hydrogen) atoms. The predicted molar refractivity (Wildman–Crippen MR) is 101 cm³/mol. The Kier molecular flexibility index (Phi) is 3.93. The van der Waals surface area contributed by atoms with Crippen molar-refractivity contribution in [3.63, 3.8) is 0 Å². The Balaban J connectivity index is 0.00000169. The highest BCUT2D eigenvalue weighted by Crippen LogP contribution is 2.30. The van der Waals surface area contributed by atoms with E-state index in [1.807, 2.05) is 38.4 Å². The van der Waals surface area contributed by atoms with Crippen molar-refractivity contribution >= 4 is 34.3 Å². The summed E-state index contributed by atoms with van der Waals surface area (Å²) in [7, 11) is 3.82. The van der Waals surface area contributed by atoms with Crippen molar-refractivity contribution in [2.75, 3.05) is 0 Å². The van der Waals surface area contributed by atoms with Gasteiger partial charge in [0, 0.05) is 31.1 Å². The molecule has 0 saturated heterocycles. The molecule has 0 radical (unpaired) electrons. The van der Waals surface area contributed by atoms with E-state index in [-0.39, 0.29) is 18.0 Å². The van der Waals surface area contributed by atoms with E-state index in [1.54, 1.807) is 10.8 Å². The number of benzene rings is 1. The summed E-state index contributed by atoms with van der Waals surface area (Å²) >= 11 is 0. The largest absolute Gasteiger partial charge is 0.330 e. The van der Waals surface area contributed by atoms with Crippen molar-refractivity contribution in [2.45, 2.75) is 6.92 Å². The van der Waals surface area contributed by atoms with Crippen molar-refractivity contribution in [1.82, 2.24) is 14.1 Å². The van der Waals surface area contributed by atoms with E-state index < -0.39 is 0 Å². The second-order valence-corrected chi connectivity index (χ2v) is 5.95. The van der Waals surface area contributed by atoms with Gasteiger partial charge in [0.2, 0.25) is 0 Å². The molecule has 0 amide bonds. The van der Waals surface area contributed by atoms with Gasteiger partial charge in [0.25, 0.3) is 5.56 Å². The fourth-order valence-electron chi connectivity index (χ4n) is 3.31. The highest BCUT2D eigenvalue weighted by atomic mass is 35.5. The van der Waals surface area contributed by atoms with Gasteiger partial charge in [-0.25, -0.2) is 0 Å². The van der Waals surface area contributed by atoms with Crippen LogP contribution in [0.15, 0.2) is 53.5 Å². The molecule has 4 aromatic rings. The summed E-state index contributed by atoms with van der Waals surface area (Å²) in [6.07, 6.45) is 1.71. The van der Waals surface area contributed by atoms with Gasteiger partial charge in [-0.3, -0.25) is 14.3 Å². The summed E-state index contributed by atoms with van der Waals surface area (Å²) in [5, 5.41) is 2.24. The molecule has 0 aliphatic heterocycles. The number of fused-ring (bicyclic) bond motifs is 3. The smallest absolute Gasteiger partial charge is 0.261 e. The zero-order valence-electron chi connectivity index (χ0n) is 13.8. The molecule has 0 aliphatic carbocycles. The zero-order chi connectivity index (χ0) is 16.1. The van der Waals surface area contributed by atoms with Crippen LogP contribution < -0.4 is 5.56 Å². The first kappa shape index (κ1) is 16.3. The fraction of sp³-hybridized carbons (Fsp3) is 0.158. The average Bonchev–Trinajstić information content (AvgIpc) is 2.83. The first-order valence-electron chi connectivity index (χ1n) is 7.58. The maximum atomic E-state index is 12.8. The molecule has 0 bridgehead atoms. The Morgan fingerprint density at radius 1 is 0.958 bits per heavy atom. The molecule has 4 nitrogen and oxygen atoms in total. The van der Waals surface area contributed by atoms with Crippen LogP contribution in [0.2, 0.25) is 0 Å². The molecule has 3 heterocycles. The minimum atomic E-state index is -0.0289. The lowest BCUT2D eigenvalue weighted by Gasteiger charge is -2.07. The van der Waals surface area contributed by atoms with Crippen molar-refractivity contribution in [2.24, 2.45) is 14.1 Å². The van der Waals surface area contributed by atoms with Gasteiger partial charge in [-0.05, 0) is 37.3 Å². The Morgan fingerprint density at radius 3 is 2.46 bits per heavy atom. The van der Waals surface area contributed by atoms with Crippen molar-refractivity contribution in [3.05, 3.63) is 64.6 Å². The third-order valence-electron chi connectivity index (χ3n) is 4.44. The lowest BCUT2D eigenvalue weighted by molar-refractivity contribution is 0.846. The summed E-state index contributed by atoms with van der Waals surface area (Å²) in [5.41, 5.74) is 4.57. The van der Waals surface area contributed by atoms with Crippen molar-refractivity contribution in [3.8, 4) is 11.3 Å². The number of aryl methyl sites for hydroxylation is 3. The molecule has 1 aromatic carbocycles. The Labute approximate surface area is 145 Å². The van der Waals surface area contributed by atoms with E-state index in [0.29, 0.717) is 11.3 Å². The van der Waals surface area contributed by atoms with Crippen molar-refractivity contribution in [1.29, 1.82) is 0 Å². The standard InChI is InChI=1S/C19H17N3O.ClH/c1-12-7-8-17-13(10-12)14-11-15(16-6-4-5-9-20-16)19(23)22(3)18(14)21(17)2;/h4-11H,1-3H3;1H. The number of nitrogens with zero attached hydrogens (tertiary/aromatic N) is 3. The van der Waals surface area contributed by atoms with Gasteiger partial charge >= 0.3 is 0 Å². The molecule has 0 saturated carbocycles. The van der Waals surface area contributed by atoms with Crippen LogP contribution in [0.1, 0.15) is 5.56 Å². The van der Waals surface area contributed by atoms with Crippen LogP contribution >= 0.6 is 12.4 Å².